The molecular formula is C15H20N2O3. The number of benzene rings is 1. The summed E-state index contributed by atoms with van der Waals surface area (Å²) in [4.78, 5) is 0. The van der Waals surface area contributed by atoms with Crippen LogP contribution in [-0.4, -0.2) is 36.7 Å². The van der Waals surface area contributed by atoms with Crippen LogP contribution in [-0.2, 0) is 11.3 Å². The van der Waals surface area contributed by atoms with E-state index in [1.54, 1.807) is 14.2 Å². The third-order valence-electron chi connectivity index (χ3n) is 3.72. The molecule has 5 nitrogen and oxygen atoms in total. The van der Waals surface area contributed by atoms with Crippen LogP contribution in [0.2, 0.25) is 0 Å². The van der Waals surface area contributed by atoms with Gasteiger partial charge in [0.25, 0.3) is 0 Å². The summed E-state index contributed by atoms with van der Waals surface area (Å²) in [5, 5.41) is 5.65. The molecule has 0 spiro atoms. The minimum Gasteiger partial charge on any atom is -0.493 e. The number of fused-ring (bicyclic) bond motifs is 1. The number of ether oxygens (including phenoxy) is 3. The molecule has 2 heterocycles. The van der Waals surface area contributed by atoms with Crippen LogP contribution in [0.5, 0.6) is 11.5 Å². The molecule has 5 heteroatoms. The van der Waals surface area contributed by atoms with Crippen molar-refractivity contribution >= 4 is 10.9 Å². The number of hydrogen-bond donors (Lipinski definition) is 0. The second-order valence-corrected chi connectivity index (χ2v) is 5.11. The summed E-state index contributed by atoms with van der Waals surface area (Å²) in [6, 6.07) is 3.87. The first-order valence-electron chi connectivity index (χ1n) is 7.01. The molecule has 0 bridgehead atoms. The van der Waals surface area contributed by atoms with Gasteiger partial charge in [0.05, 0.1) is 32.4 Å². The van der Waals surface area contributed by atoms with Crippen LogP contribution in [0.25, 0.3) is 10.9 Å². The quantitative estimate of drug-likeness (QED) is 0.861. The maximum absolute atomic E-state index is 5.76. The Balaban J connectivity index is 1.85. The van der Waals surface area contributed by atoms with Gasteiger partial charge >= 0.3 is 0 Å². The van der Waals surface area contributed by atoms with Crippen LogP contribution in [0.3, 0.4) is 0 Å². The summed E-state index contributed by atoms with van der Waals surface area (Å²) in [7, 11) is 3.28. The Kier molecular flexibility index (Phi) is 3.78. The standard InChI is InChI=1S/C15H20N2O3/c1-18-14-7-11-9-17(10-12-5-3-4-6-20-12)16-13(11)8-15(14)19-2/h7-9,12H,3-6,10H2,1-2H3. The maximum atomic E-state index is 5.76. The highest BCUT2D eigenvalue weighted by Crippen LogP contribution is 2.31. The topological polar surface area (TPSA) is 45.5 Å². The van der Waals surface area contributed by atoms with Crippen molar-refractivity contribution in [3.8, 4) is 11.5 Å². The van der Waals surface area contributed by atoms with Crippen molar-refractivity contribution < 1.29 is 14.2 Å². The van der Waals surface area contributed by atoms with Gasteiger partial charge in [-0.15, -0.1) is 0 Å². The van der Waals surface area contributed by atoms with E-state index in [1.807, 2.05) is 23.0 Å². The minimum absolute atomic E-state index is 0.279. The molecule has 1 fully saturated rings. The van der Waals surface area contributed by atoms with Crippen LogP contribution in [0.15, 0.2) is 18.3 Å². The molecule has 0 radical (unpaired) electrons. The fourth-order valence-corrected chi connectivity index (χ4v) is 2.66. The van der Waals surface area contributed by atoms with Crippen molar-refractivity contribution in [3.05, 3.63) is 18.3 Å². The Morgan fingerprint density at radius 2 is 2.05 bits per heavy atom. The van der Waals surface area contributed by atoms with Gasteiger partial charge in [-0.25, -0.2) is 0 Å². The lowest BCUT2D eigenvalue weighted by molar-refractivity contribution is 0.00411. The molecule has 108 valence electrons. The summed E-state index contributed by atoms with van der Waals surface area (Å²) in [6.45, 7) is 1.67. The first-order valence-corrected chi connectivity index (χ1v) is 7.01. The molecule has 0 amide bonds. The van der Waals surface area contributed by atoms with Crippen molar-refractivity contribution in [2.45, 2.75) is 31.9 Å². The monoisotopic (exact) mass is 276 g/mol. The van der Waals surface area contributed by atoms with E-state index >= 15 is 0 Å². The second-order valence-electron chi connectivity index (χ2n) is 5.11. The highest BCUT2D eigenvalue weighted by atomic mass is 16.5. The lowest BCUT2D eigenvalue weighted by atomic mass is 10.1. The van der Waals surface area contributed by atoms with Crippen LogP contribution in [0.4, 0.5) is 0 Å². The molecular weight excluding hydrogens is 256 g/mol. The first-order chi connectivity index (χ1) is 9.80. The number of methoxy groups -OCH3 is 2. The van der Waals surface area contributed by atoms with Crippen LogP contribution >= 0.6 is 0 Å². The van der Waals surface area contributed by atoms with E-state index in [-0.39, 0.29) is 6.10 Å². The zero-order valence-corrected chi connectivity index (χ0v) is 12.0. The molecule has 0 N–H and O–H groups in total. The fourth-order valence-electron chi connectivity index (χ4n) is 2.66. The van der Waals surface area contributed by atoms with Crippen LogP contribution in [0, 0.1) is 0 Å². The Bertz CT molecular complexity index is 547. The van der Waals surface area contributed by atoms with Crippen molar-refractivity contribution in [2.24, 2.45) is 0 Å². The smallest absolute Gasteiger partial charge is 0.162 e. The van der Waals surface area contributed by atoms with Crippen LogP contribution < -0.4 is 9.47 Å². The normalized spacial score (nSPS) is 19.2. The molecule has 2 aromatic rings. The van der Waals surface area contributed by atoms with Gasteiger partial charge < -0.3 is 14.2 Å². The van der Waals surface area contributed by atoms with Gasteiger partial charge in [-0.05, 0) is 25.3 Å². The van der Waals surface area contributed by atoms with Gasteiger partial charge in [-0.3, -0.25) is 4.68 Å². The zero-order valence-electron chi connectivity index (χ0n) is 12.0. The molecule has 1 saturated heterocycles. The third-order valence-corrected chi connectivity index (χ3v) is 3.72. The highest BCUT2D eigenvalue weighted by Gasteiger charge is 2.16. The number of aromatic nitrogens is 2. The van der Waals surface area contributed by atoms with E-state index in [2.05, 4.69) is 5.10 Å². The van der Waals surface area contributed by atoms with E-state index in [1.165, 1.54) is 12.8 Å². The Hall–Kier alpha value is -1.75. The molecule has 1 atom stereocenters. The van der Waals surface area contributed by atoms with E-state index in [0.29, 0.717) is 5.75 Å². The maximum Gasteiger partial charge on any atom is 0.162 e. The van der Waals surface area contributed by atoms with Gasteiger partial charge in [-0.1, -0.05) is 0 Å². The molecule has 0 aliphatic carbocycles. The van der Waals surface area contributed by atoms with E-state index < -0.39 is 0 Å². The highest BCUT2D eigenvalue weighted by molar-refractivity contribution is 5.82. The third kappa shape index (κ3) is 2.58. The molecule has 1 aromatic heterocycles. The summed E-state index contributed by atoms with van der Waals surface area (Å²) in [5.74, 6) is 1.44. The SMILES string of the molecule is COc1cc2cn(CC3CCCCO3)nc2cc1OC. The average molecular weight is 276 g/mol. The molecule has 1 aliphatic heterocycles. The number of rotatable bonds is 4. The molecule has 3 rings (SSSR count). The van der Waals surface area contributed by atoms with Gasteiger partial charge in [0.2, 0.25) is 0 Å². The van der Waals surface area contributed by atoms with E-state index in [4.69, 9.17) is 14.2 Å². The van der Waals surface area contributed by atoms with Gasteiger partial charge in [0.1, 0.15) is 0 Å². The van der Waals surface area contributed by atoms with Crippen LogP contribution in [0.1, 0.15) is 19.3 Å². The zero-order chi connectivity index (χ0) is 13.9. The summed E-state index contributed by atoms with van der Waals surface area (Å²) >= 11 is 0. The number of hydrogen-bond acceptors (Lipinski definition) is 4. The molecule has 1 aliphatic rings. The molecule has 1 unspecified atom stereocenters. The Morgan fingerprint density at radius 3 is 2.75 bits per heavy atom. The minimum atomic E-state index is 0.279. The van der Waals surface area contributed by atoms with Crippen molar-refractivity contribution in [1.29, 1.82) is 0 Å². The van der Waals surface area contributed by atoms with Crippen molar-refractivity contribution in [2.75, 3.05) is 20.8 Å². The fraction of sp³-hybridized carbons (Fsp3) is 0.533. The predicted molar refractivity (Wildman–Crippen MR) is 76.4 cm³/mol. The number of nitrogens with zero attached hydrogens (tertiary/aromatic N) is 2. The molecule has 0 saturated carbocycles. The van der Waals surface area contributed by atoms with Gasteiger partial charge in [-0.2, -0.15) is 5.10 Å². The largest absolute Gasteiger partial charge is 0.493 e. The Labute approximate surface area is 118 Å². The second kappa shape index (κ2) is 5.71. The van der Waals surface area contributed by atoms with E-state index in [0.717, 1.165) is 36.2 Å². The molecule has 20 heavy (non-hydrogen) atoms. The summed E-state index contributed by atoms with van der Waals surface area (Å²) in [5.41, 5.74) is 0.915. The van der Waals surface area contributed by atoms with Gasteiger partial charge in [0.15, 0.2) is 11.5 Å². The Morgan fingerprint density at radius 1 is 1.25 bits per heavy atom. The molecule has 1 aromatic carbocycles. The van der Waals surface area contributed by atoms with Gasteiger partial charge in [0, 0.05) is 24.3 Å². The average Bonchev–Trinajstić information content (AvgIpc) is 2.87. The van der Waals surface area contributed by atoms with Crippen molar-refractivity contribution in [3.63, 3.8) is 0 Å². The first kappa shape index (κ1) is 13.2. The summed E-state index contributed by atoms with van der Waals surface area (Å²) < 4.78 is 18.3. The lowest BCUT2D eigenvalue weighted by Gasteiger charge is -2.22. The van der Waals surface area contributed by atoms with Crippen molar-refractivity contribution in [1.82, 2.24) is 9.78 Å². The van der Waals surface area contributed by atoms with E-state index in [9.17, 15) is 0 Å². The predicted octanol–water partition coefficient (Wildman–Crippen LogP) is 2.62. The summed E-state index contributed by atoms with van der Waals surface area (Å²) in [6.07, 6.45) is 5.85. The lowest BCUT2D eigenvalue weighted by Crippen LogP contribution is -2.24.